The normalized spacial score (nSPS) is 11.8. The molecule has 0 spiro atoms. The molecule has 5 nitrogen and oxygen atoms in total. The summed E-state index contributed by atoms with van der Waals surface area (Å²) in [4.78, 5) is 17.3. The second-order valence-electron chi connectivity index (χ2n) is 8.24. The lowest BCUT2D eigenvalue weighted by molar-refractivity contribution is 0.102. The van der Waals surface area contributed by atoms with Gasteiger partial charge >= 0.3 is 0 Å². The van der Waals surface area contributed by atoms with Gasteiger partial charge in [-0.25, -0.2) is 4.98 Å². The van der Waals surface area contributed by atoms with Crippen molar-refractivity contribution in [1.29, 1.82) is 0 Å². The molecule has 0 aliphatic heterocycles. The average Bonchev–Trinajstić information content (AvgIpc) is 3.25. The second-order valence-corrected chi connectivity index (χ2v) is 9.62. The van der Waals surface area contributed by atoms with Gasteiger partial charge in [0.1, 0.15) is 5.82 Å². The number of ketones is 1. The lowest BCUT2D eigenvalue weighted by Gasteiger charge is -2.12. The number of nitrogens with zero attached hydrogens (tertiary/aromatic N) is 3. The van der Waals surface area contributed by atoms with Gasteiger partial charge in [0.2, 0.25) is 5.16 Å². The van der Waals surface area contributed by atoms with E-state index in [1.54, 1.807) is 0 Å². The third kappa shape index (κ3) is 5.31. The molecule has 1 N–H and O–H groups in total. The maximum Gasteiger partial charge on any atom is 0.208 e. The Labute approximate surface area is 181 Å². The Kier molecular flexibility index (Phi) is 6.54. The Hall–Kier alpha value is -2.05. The van der Waals surface area contributed by atoms with Gasteiger partial charge < -0.3 is 4.57 Å². The highest BCUT2D eigenvalue weighted by Crippen LogP contribution is 2.23. The first kappa shape index (κ1) is 21.7. The fraction of sp³-hybridized carbons (Fsp3) is 0.409. The van der Waals surface area contributed by atoms with Crippen molar-refractivity contribution >= 4 is 29.1 Å². The highest BCUT2D eigenvalue weighted by molar-refractivity contribution is 7.99. The minimum Gasteiger partial charge on any atom is -0.348 e. The molecule has 2 heterocycles. The summed E-state index contributed by atoms with van der Waals surface area (Å²) in [6.07, 6.45) is 0.892. The highest BCUT2D eigenvalue weighted by Gasteiger charge is 2.20. The second kappa shape index (κ2) is 8.76. The molecule has 3 rings (SSSR count). The molecule has 3 aromatic rings. The quantitative estimate of drug-likeness (QED) is 0.403. The summed E-state index contributed by atoms with van der Waals surface area (Å²) in [5.74, 6) is 1.25. The number of halogens is 1. The Balaban J connectivity index is 1.64. The van der Waals surface area contributed by atoms with E-state index in [9.17, 15) is 4.79 Å². The van der Waals surface area contributed by atoms with E-state index < -0.39 is 0 Å². The number of hydrogen-bond acceptors (Lipinski definition) is 4. The number of benzene rings is 1. The standard InChI is InChI=1S/C22H27ClN4OS/c1-14-12-18(15(2)27(14)11-10-16-6-8-17(23)9-7-16)19(28)13-29-21-24-20(25-26-21)22(3,4)5/h6-9,12H,10-11,13H2,1-5H3,(H,24,25,26). The fourth-order valence-corrected chi connectivity index (χ4v) is 3.98. The van der Waals surface area contributed by atoms with Crippen molar-refractivity contribution < 1.29 is 4.79 Å². The molecular formula is C22H27ClN4OS. The first-order valence-corrected chi connectivity index (χ1v) is 11.0. The zero-order valence-electron chi connectivity index (χ0n) is 17.5. The topological polar surface area (TPSA) is 63.6 Å². The predicted octanol–water partition coefficient (Wildman–Crippen LogP) is 5.39. The summed E-state index contributed by atoms with van der Waals surface area (Å²) in [5, 5.41) is 8.54. The molecule has 2 aromatic heterocycles. The Morgan fingerprint density at radius 3 is 2.52 bits per heavy atom. The zero-order chi connectivity index (χ0) is 21.2. The van der Waals surface area contributed by atoms with E-state index in [2.05, 4.69) is 40.5 Å². The molecule has 0 amide bonds. The van der Waals surface area contributed by atoms with E-state index >= 15 is 0 Å². The van der Waals surface area contributed by atoms with E-state index in [0.29, 0.717) is 10.9 Å². The van der Waals surface area contributed by atoms with Crippen molar-refractivity contribution in [2.75, 3.05) is 5.75 Å². The van der Waals surface area contributed by atoms with Crippen molar-refractivity contribution in [2.45, 2.75) is 58.2 Å². The molecule has 0 saturated carbocycles. The van der Waals surface area contributed by atoms with Gasteiger partial charge in [-0.2, -0.15) is 0 Å². The predicted molar refractivity (Wildman–Crippen MR) is 119 cm³/mol. The molecule has 154 valence electrons. The van der Waals surface area contributed by atoms with Crippen LogP contribution in [0, 0.1) is 13.8 Å². The molecule has 0 fully saturated rings. The van der Waals surface area contributed by atoms with E-state index in [0.717, 1.165) is 40.8 Å². The smallest absolute Gasteiger partial charge is 0.208 e. The third-order valence-electron chi connectivity index (χ3n) is 4.92. The molecule has 0 saturated heterocycles. The summed E-state index contributed by atoms with van der Waals surface area (Å²) >= 11 is 7.33. The molecule has 0 unspecified atom stereocenters. The van der Waals surface area contributed by atoms with Gasteiger partial charge in [-0.1, -0.05) is 56.3 Å². The average molecular weight is 431 g/mol. The minimum atomic E-state index is -0.0924. The van der Waals surface area contributed by atoms with Gasteiger partial charge in [0.25, 0.3) is 0 Å². The largest absolute Gasteiger partial charge is 0.348 e. The van der Waals surface area contributed by atoms with Crippen LogP contribution in [0.4, 0.5) is 0 Å². The van der Waals surface area contributed by atoms with Gasteiger partial charge in [-0.05, 0) is 44.0 Å². The number of hydrogen-bond donors (Lipinski definition) is 1. The molecule has 0 atom stereocenters. The van der Waals surface area contributed by atoms with E-state index in [4.69, 9.17) is 11.6 Å². The van der Waals surface area contributed by atoms with Gasteiger partial charge in [-0.15, -0.1) is 5.10 Å². The van der Waals surface area contributed by atoms with Crippen molar-refractivity contribution in [2.24, 2.45) is 0 Å². The Morgan fingerprint density at radius 1 is 1.21 bits per heavy atom. The van der Waals surface area contributed by atoms with Crippen LogP contribution in [0.1, 0.15) is 53.9 Å². The first-order valence-electron chi connectivity index (χ1n) is 9.65. The van der Waals surface area contributed by atoms with Crippen LogP contribution in [-0.2, 0) is 18.4 Å². The SMILES string of the molecule is Cc1cc(C(=O)CSc2n[nH]c(C(C)(C)C)n2)c(C)n1CCc1ccc(Cl)cc1. The number of nitrogens with one attached hydrogen (secondary N) is 1. The van der Waals surface area contributed by atoms with Crippen LogP contribution in [0.25, 0.3) is 0 Å². The van der Waals surface area contributed by atoms with E-state index in [1.807, 2.05) is 44.2 Å². The number of carbonyl (C=O) groups is 1. The van der Waals surface area contributed by atoms with Crippen LogP contribution in [0.15, 0.2) is 35.5 Å². The summed E-state index contributed by atoms with van der Waals surface area (Å²) in [5.41, 5.74) is 4.01. The number of carbonyl (C=O) groups excluding carboxylic acids is 1. The number of aromatic nitrogens is 4. The van der Waals surface area contributed by atoms with Crippen molar-refractivity contribution in [1.82, 2.24) is 19.7 Å². The van der Waals surface area contributed by atoms with Crippen LogP contribution in [-0.4, -0.2) is 31.3 Å². The lowest BCUT2D eigenvalue weighted by Crippen LogP contribution is -2.13. The lowest BCUT2D eigenvalue weighted by atomic mass is 9.96. The number of rotatable bonds is 7. The number of Topliss-reactive ketones (excluding diaryl/α,β-unsaturated/α-hetero) is 1. The maximum atomic E-state index is 12.8. The minimum absolute atomic E-state index is 0.0924. The monoisotopic (exact) mass is 430 g/mol. The van der Waals surface area contributed by atoms with Crippen LogP contribution in [0.2, 0.25) is 5.02 Å². The summed E-state index contributed by atoms with van der Waals surface area (Å²) in [7, 11) is 0. The van der Waals surface area contributed by atoms with Gasteiger partial charge in [-0.3, -0.25) is 9.89 Å². The van der Waals surface area contributed by atoms with Crippen LogP contribution in [0.3, 0.4) is 0 Å². The number of aryl methyl sites for hydroxylation is 2. The van der Waals surface area contributed by atoms with Crippen molar-refractivity contribution in [3.05, 3.63) is 63.7 Å². The first-order chi connectivity index (χ1) is 13.6. The molecule has 0 aliphatic carbocycles. The van der Waals surface area contributed by atoms with Gasteiger partial charge in [0, 0.05) is 33.9 Å². The summed E-state index contributed by atoms with van der Waals surface area (Å²) < 4.78 is 2.21. The number of H-pyrrole nitrogens is 1. The Bertz CT molecular complexity index is 999. The highest BCUT2D eigenvalue weighted by atomic mass is 35.5. The van der Waals surface area contributed by atoms with Gasteiger partial charge in [0.05, 0.1) is 5.75 Å². The summed E-state index contributed by atoms with van der Waals surface area (Å²) in [6.45, 7) is 11.1. The summed E-state index contributed by atoms with van der Waals surface area (Å²) in [6, 6.07) is 9.89. The molecule has 29 heavy (non-hydrogen) atoms. The molecule has 1 aromatic carbocycles. The molecule has 0 aliphatic rings. The zero-order valence-corrected chi connectivity index (χ0v) is 19.1. The third-order valence-corrected chi connectivity index (χ3v) is 6.02. The van der Waals surface area contributed by atoms with Crippen molar-refractivity contribution in [3.63, 3.8) is 0 Å². The molecular weight excluding hydrogens is 404 g/mol. The van der Waals surface area contributed by atoms with Crippen LogP contribution in [0.5, 0.6) is 0 Å². The number of aromatic amines is 1. The molecule has 7 heteroatoms. The maximum absolute atomic E-state index is 12.8. The molecule has 0 radical (unpaired) electrons. The van der Waals surface area contributed by atoms with E-state index in [1.165, 1.54) is 17.3 Å². The molecule has 0 bridgehead atoms. The van der Waals surface area contributed by atoms with Crippen molar-refractivity contribution in [3.8, 4) is 0 Å². The van der Waals surface area contributed by atoms with E-state index in [-0.39, 0.29) is 11.2 Å². The van der Waals surface area contributed by atoms with Crippen LogP contribution >= 0.6 is 23.4 Å². The fourth-order valence-electron chi connectivity index (χ4n) is 3.17. The van der Waals surface area contributed by atoms with Gasteiger partial charge in [0.15, 0.2) is 5.78 Å². The van der Waals surface area contributed by atoms with Crippen LogP contribution < -0.4 is 0 Å². The Morgan fingerprint density at radius 2 is 1.90 bits per heavy atom. The number of thioether (sulfide) groups is 1.